The summed E-state index contributed by atoms with van der Waals surface area (Å²) in [6.45, 7) is 10.9. The van der Waals surface area contributed by atoms with E-state index in [1.807, 2.05) is 76.5 Å². The topological polar surface area (TPSA) is 124 Å². The Morgan fingerprint density at radius 2 is 0.922 bits per heavy atom. The molecule has 2 aromatic carbocycles. The fourth-order valence-corrected chi connectivity index (χ4v) is 5.90. The van der Waals surface area contributed by atoms with E-state index in [4.69, 9.17) is 0 Å². The van der Waals surface area contributed by atoms with Crippen molar-refractivity contribution in [3.05, 3.63) is 120 Å². The zero-order valence-corrected chi connectivity index (χ0v) is 36.7. The van der Waals surface area contributed by atoms with Crippen LogP contribution in [0.5, 0.6) is 0 Å². The number of hydrogen-bond acceptors (Lipinski definition) is 4. The Balaban J connectivity index is 0.000000671. The summed E-state index contributed by atoms with van der Waals surface area (Å²) in [6.07, 6.45) is 8.58. The number of fused-ring (bicyclic) bond motifs is 2. The van der Waals surface area contributed by atoms with E-state index in [1.54, 1.807) is 19.1 Å². The number of nitrogens with one attached hydrogen (secondary N) is 4. The Labute approximate surface area is 360 Å². The molecule has 4 amide bonds. The Morgan fingerprint density at radius 1 is 0.531 bits per heavy atom. The number of amides is 4. The van der Waals surface area contributed by atoms with E-state index in [1.165, 1.54) is 0 Å². The minimum absolute atomic E-state index is 0.0838. The number of pyridine rings is 2. The average Bonchev–Trinajstić information content (AvgIpc) is 3.14. The van der Waals surface area contributed by atoms with Gasteiger partial charge in [-0.1, -0.05) is 64.1 Å². The molecule has 0 aliphatic carbocycles. The van der Waals surface area contributed by atoms with Crippen LogP contribution in [0.3, 0.4) is 0 Å². The molecule has 0 radical (unpaired) electrons. The molecular formula is C40H48F12N6O4P2. The van der Waals surface area contributed by atoms with Gasteiger partial charge in [0.15, 0.2) is 37.9 Å². The van der Waals surface area contributed by atoms with Gasteiger partial charge in [-0.05, 0) is 54.0 Å². The van der Waals surface area contributed by atoms with Gasteiger partial charge in [-0.3, -0.25) is 19.2 Å². The molecule has 24 heteroatoms. The predicted molar refractivity (Wildman–Crippen MR) is 217 cm³/mol. The summed E-state index contributed by atoms with van der Waals surface area (Å²) in [4.78, 5) is 53.2. The number of halogens is 12. The predicted octanol–water partition coefficient (Wildman–Crippen LogP) is 10.2. The normalized spacial score (nSPS) is 20.1. The molecule has 0 saturated heterocycles. The van der Waals surface area contributed by atoms with Crippen molar-refractivity contribution in [3.8, 4) is 11.1 Å². The second-order valence-corrected chi connectivity index (χ2v) is 19.6. The van der Waals surface area contributed by atoms with Gasteiger partial charge in [-0.2, -0.15) is 0 Å². The van der Waals surface area contributed by atoms with Crippen LogP contribution in [-0.2, 0) is 34.0 Å². The molecule has 10 nitrogen and oxygen atoms in total. The average molecular weight is 967 g/mol. The van der Waals surface area contributed by atoms with Crippen LogP contribution in [0.4, 0.5) is 50.4 Å². The molecule has 0 spiro atoms. The van der Waals surface area contributed by atoms with E-state index in [9.17, 15) is 69.5 Å². The Kier molecular flexibility index (Phi) is 15.4. The quantitative estimate of drug-likeness (QED) is 0.0928. The first-order valence-electron chi connectivity index (χ1n) is 19.3. The molecule has 0 unspecified atom stereocenters. The third-order valence-electron chi connectivity index (χ3n) is 8.88. The summed E-state index contributed by atoms with van der Waals surface area (Å²) in [5.41, 5.74) is 5.74. The first-order chi connectivity index (χ1) is 28.8. The van der Waals surface area contributed by atoms with Gasteiger partial charge in [0.25, 0.3) is 5.91 Å². The summed E-state index contributed by atoms with van der Waals surface area (Å²) in [5, 5.41) is 11.4. The van der Waals surface area contributed by atoms with Gasteiger partial charge in [-0.15, -0.1) is 0 Å². The van der Waals surface area contributed by atoms with Crippen LogP contribution >= 0.6 is 15.6 Å². The molecule has 64 heavy (non-hydrogen) atoms. The number of hydrogen-bond donors (Lipinski definition) is 4. The van der Waals surface area contributed by atoms with E-state index >= 15 is 0 Å². The van der Waals surface area contributed by atoms with Crippen LogP contribution in [-0.4, -0.2) is 41.8 Å². The van der Waals surface area contributed by atoms with Crippen molar-refractivity contribution in [3.63, 3.8) is 0 Å². The van der Waals surface area contributed by atoms with Gasteiger partial charge in [0, 0.05) is 47.5 Å². The maximum absolute atomic E-state index is 13.5. The zero-order chi connectivity index (χ0) is 48.6. The first-order valence-corrected chi connectivity index (χ1v) is 23.4. The third kappa shape index (κ3) is 22.8. The molecule has 0 saturated carbocycles. The van der Waals surface area contributed by atoms with Crippen molar-refractivity contribution in [2.24, 2.45) is 11.8 Å². The fraction of sp³-hybridized carbons (Fsp3) is 0.350. The third-order valence-corrected chi connectivity index (χ3v) is 8.88. The molecule has 3 atom stereocenters. The molecule has 2 aromatic heterocycles. The van der Waals surface area contributed by atoms with E-state index in [0.717, 1.165) is 27.8 Å². The second-order valence-electron chi connectivity index (χ2n) is 15.8. The number of carbonyl (C=O) groups excluding carboxylic acids is 4. The van der Waals surface area contributed by atoms with Crippen LogP contribution in [0, 0.1) is 11.8 Å². The van der Waals surface area contributed by atoms with Crippen molar-refractivity contribution in [2.45, 2.75) is 78.8 Å². The standard InChI is InChI=1S/C40H46N6O4.2F6P/c1-26(2)22-35-39(49)42-28(5)37(47)41-23-29-6-8-30(9-7-29)24-45-18-14-32(15-19-45)33-16-20-46(21-17-33)25-31-10-12-34(13-11-31)38(48)44-36(27(3)4)40(50)43-35;2*1-7(2,3,4,5)6/h6-21,26-28,35-36H,22-25H2,1-5H3,(H2-2,41,42,43,44,47,48,49,50);;/q;2*-1/p+2/t28-,35-,36-;;/m0../s1. The summed E-state index contributed by atoms with van der Waals surface area (Å²) in [7, 11) is -21.3. The molecule has 6 aliphatic rings. The molecule has 0 fully saturated rings. The second kappa shape index (κ2) is 18.6. The summed E-state index contributed by atoms with van der Waals surface area (Å²) in [6, 6.07) is 21.2. The minimum atomic E-state index is -10.7. The van der Waals surface area contributed by atoms with E-state index < -0.39 is 45.6 Å². The van der Waals surface area contributed by atoms with Gasteiger partial charge in [-0.25, -0.2) is 9.13 Å². The van der Waals surface area contributed by atoms with Crippen LogP contribution in [0.25, 0.3) is 11.1 Å². The molecule has 10 rings (SSSR count). The van der Waals surface area contributed by atoms with Crippen molar-refractivity contribution >= 4 is 39.2 Å². The van der Waals surface area contributed by atoms with Gasteiger partial charge >= 0.3 is 66.0 Å². The SMILES string of the molecule is CC(C)C[C@@H]1NC(=O)[C@H](C(C)C)NC(=O)c2ccc(cc2)C[n+]2ccc(cc2)-c2cc[n+](cc2)Cc2ccc(cc2)CNC(=O)[C@H](C)NC1=O.F[P-](F)(F)(F)(F)F.F[P-](F)(F)(F)(F)F. The number of aromatic nitrogens is 2. The van der Waals surface area contributed by atoms with Crippen LogP contribution < -0.4 is 30.4 Å². The summed E-state index contributed by atoms with van der Waals surface area (Å²) < 4.78 is 123. The summed E-state index contributed by atoms with van der Waals surface area (Å²) >= 11 is 0. The van der Waals surface area contributed by atoms with Crippen LogP contribution in [0.15, 0.2) is 97.6 Å². The van der Waals surface area contributed by atoms with E-state index in [2.05, 4.69) is 67.1 Å². The molecule has 4 aromatic rings. The summed E-state index contributed by atoms with van der Waals surface area (Å²) in [5.74, 6) is -1.79. The number of nitrogens with zero attached hydrogens (tertiary/aromatic N) is 2. The Hall–Kier alpha value is -5.36. The first kappa shape index (κ1) is 53.0. The molecule has 6 aliphatic heterocycles. The van der Waals surface area contributed by atoms with Gasteiger partial charge < -0.3 is 21.3 Å². The molecule has 356 valence electrons. The van der Waals surface area contributed by atoms with Gasteiger partial charge in [0.2, 0.25) is 17.7 Å². The van der Waals surface area contributed by atoms with Crippen molar-refractivity contribution in [2.75, 3.05) is 0 Å². The van der Waals surface area contributed by atoms with Crippen molar-refractivity contribution in [1.82, 2.24) is 21.3 Å². The van der Waals surface area contributed by atoms with E-state index in [-0.39, 0.29) is 23.7 Å². The van der Waals surface area contributed by atoms with Gasteiger partial charge in [0.05, 0.1) is 0 Å². The van der Waals surface area contributed by atoms with Crippen LogP contribution in [0.1, 0.15) is 68.1 Å². The fourth-order valence-electron chi connectivity index (χ4n) is 5.90. The number of carbonyl (C=O) groups is 4. The Morgan fingerprint density at radius 3 is 1.31 bits per heavy atom. The molecule has 4 N–H and O–H groups in total. The van der Waals surface area contributed by atoms with E-state index in [0.29, 0.717) is 31.6 Å². The molecule has 8 heterocycles. The van der Waals surface area contributed by atoms with Crippen LogP contribution in [0.2, 0.25) is 0 Å². The van der Waals surface area contributed by atoms with Gasteiger partial charge in [0.1, 0.15) is 18.1 Å². The number of rotatable bonds is 3. The van der Waals surface area contributed by atoms with Crippen molar-refractivity contribution in [1.29, 1.82) is 0 Å². The maximum atomic E-state index is 13.5. The Bertz CT molecular complexity index is 2220. The zero-order valence-electron chi connectivity index (χ0n) is 34.9. The molecular weight excluding hydrogens is 918 g/mol. The number of benzene rings is 2. The monoisotopic (exact) mass is 966 g/mol. The van der Waals surface area contributed by atoms with Crippen molar-refractivity contribution < 1.29 is 78.7 Å². The molecule has 8 bridgehead atoms.